The van der Waals surface area contributed by atoms with Crippen molar-refractivity contribution in [2.45, 2.75) is 45.1 Å². The molecule has 0 N–H and O–H groups in total. The molecule has 0 aromatic heterocycles. The van der Waals surface area contributed by atoms with Crippen molar-refractivity contribution in [2.24, 2.45) is 5.92 Å². The number of hydrogen-bond acceptors (Lipinski definition) is 2. The molecule has 0 radical (unpaired) electrons. The highest BCUT2D eigenvalue weighted by atomic mass is 16.6. The van der Waals surface area contributed by atoms with Gasteiger partial charge in [0, 0.05) is 17.2 Å². The number of hydrogen-bond donors (Lipinski definition) is 0. The van der Waals surface area contributed by atoms with Gasteiger partial charge in [-0.3, -0.25) is 0 Å². The van der Waals surface area contributed by atoms with Crippen molar-refractivity contribution >= 4 is 5.97 Å². The predicted molar refractivity (Wildman–Crippen MR) is 103 cm³/mol. The van der Waals surface area contributed by atoms with Crippen LogP contribution in [-0.2, 0) is 15.1 Å². The van der Waals surface area contributed by atoms with E-state index in [0.29, 0.717) is 5.92 Å². The summed E-state index contributed by atoms with van der Waals surface area (Å²) in [5, 5.41) is 0. The second-order valence-corrected chi connectivity index (χ2v) is 6.82. The number of ether oxygens (including phenoxy) is 1. The van der Waals surface area contributed by atoms with Crippen molar-refractivity contribution in [1.29, 1.82) is 0 Å². The lowest BCUT2D eigenvalue weighted by Crippen LogP contribution is -2.33. The van der Waals surface area contributed by atoms with Crippen LogP contribution in [0.2, 0.25) is 0 Å². The second-order valence-electron chi connectivity index (χ2n) is 6.82. The Morgan fingerprint density at radius 2 is 1.52 bits per heavy atom. The summed E-state index contributed by atoms with van der Waals surface area (Å²) in [5.74, 6) is 0.287. The third-order valence-electron chi connectivity index (χ3n) is 4.48. The van der Waals surface area contributed by atoms with E-state index in [1.807, 2.05) is 60.7 Å². The number of esters is 1. The average molecular weight is 336 g/mol. The lowest BCUT2D eigenvalue weighted by atomic mass is 9.81. The van der Waals surface area contributed by atoms with E-state index in [1.54, 1.807) is 0 Å². The number of benzene rings is 2. The maximum Gasteiger partial charge on any atom is 0.331 e. The molecule has 0 atom stereocenters. The number of carbonyl (C=O) groups excluding carboxylic acids is 1. The molecule has 2 aromatic rings. The maximum absolute atomic E-state index is 12.2. The Bertz CT molecular complexity index is 620. The van der Waals surface area contributed by atoms with E-state index in [-0.39, 0.29) is 0 Å². The minimum absolute atomic E-state index is 0.392. The van der Waals surface area contributed by atoms with Crippen LogP contribution < -0.4 is 0 Å². The van der Waals surface area contributed by atoms with Crippen molar-refractivity contribution in [3.63, 3.8) is 0 Å². The van der Waals surface area contributed by atoms with Gasteiger partial charge in [-0.2, -0.15) is 0 Å². The van der Waals surface area contributed by atoms with Gasteiger partial charge in [0.1, 0.15) is 0 Å². The Hall–Kier alpha value is -2.35. The molecule has 0 amide bonds. The number of unbranched alkanes of at least 4 members (excludes halogenated alkanes) is 1. The maximum atomic E-state index is 12.2. The van der Waals surface area contributed by atoms with Gasteiger partial charge < -0.3 is 4.74 Å². The minimum atomic E-state index is -0.773. The van der Waals surface area contributed by atoms with Crippen molar-refractivity contribution in [3.05, 3.63) is 84.4 Å². The molecule has 0 fully saturated rings. The van der Waals surface area contributed by atoms with E-state index in [1.165, 1.54) is 12.5 Å². The molecule has 2 aromatic carbocycles. The van der Waals surface area contributed by atoms with Gasteiger partial charge in [-0.15, -0.1) is 0 Å². The van der Waals surface area contributed by atoms with Gasteiger partial charge in [0.05, 0.1) is 0 Å². The Kier molecular flexibility index (Phi) is 7.00. The highest BCUT2D eigenvalue weighted by Crippen LogP contribution is 2.39. The van der Waals surface area contributed by atoms with Gasteiger partial charge in [-0.05, 0) is 18.8 Å². The summed E-state index contributed by atoms with van der Waals surface area (Å²) in [7, 11) is 0. The standard InChI is InChI=1S/C23H28O2/c1-4-22(24)25-23(18-12-11-13-19(2)3,20-14-7-5-8-15-20)21-16-9-6-10-17-21/h4-10,14-17,19H,1,11-13,18H2,2-3H3. The fourth-order valence-corrected chi connectivity index (χ4v) is 3.18. The SMILES string of the molecule is C=CC(=O)OC(CCCCC(C)C)(c1ccccc1)c1ccccc1. The summed E-state index contributed by atoms with van der Waals surface area (Å²) in [6.45, 7) is 8.05. The molecular formula is C23H28O2. The van der Waals surface area contributed by atoms with E-state index >= 15 is 0 Å². The first-order valence-corrected chi connectivity index (χ1v) is 9.05. The van der Waals surface area contributed by atoms with Crippen LogP contribution in [0.1, 0.15) is 50.7 Å². The van der Waals surface area contributed by atoms with Gasteiger partial charge in [-0.1, -0.05) is 93.9 Å². The molecule has 132 valence electrons. The molecule has 0 bridgehead atoms. The average Bonchev–Trinajstić information content (AvgIpc) is 2.65. The predicted octanol–water partition coefficient (Wildman–Crippen LogP) is 5.88. The fraction of sp³-hybridized carbons (Fsp3) is 0.348. The Morgan fingerprint density at radius 3 is 1.96 bits per heavy atom. The molecule has 0 saturated heterocycles. The molecule has 2 heteroatoms. The van der Waals surface area contributed by atoms with E-state index < -0.39 is 11.6 Å². The zero-order chi connectivity index (χ0) is 18.1. The molecule has 0 aliphatic heterocycles. The van der Waals surface area contributed by atoms with Crippen LogP contribution in [0.3, 0.4) is 0 Å². The zero-order valence-electron chi connectivity index (χ0n) is 15.3. The molecule has 2 rings (SSSR count). The largest absolute Gasteiger partial charge is 0.446 e. The molecule has 0 heterocycles. The summed E-state index contributed by atoms with van der Waals surface area (Å²) < 4.78 is 6.01. The molecule has 25 heavy (non-hydrogen) atoms. The van der Waals surface area contributed by atoms with Crippen LogP contribution in [0.4, 0.5) is 0 Å². The first-order chi connectivity index (χ1) is 12.1. The summed E-state index contributed by atoms with van der Waals surface area (Å²) in [4.78, 5) is 12.2. The highest BCUT2D eigenvalue weighted by Gasteiger charge is 2.37. The lowest BCUT2D eigenvalue weighted by Gasteiger charge is -2.34. The molecule has 0 aliphatic carbocycles. The van der Waals surface area contributed by atoms with E-state index in [0.717, 1.165) is 30.4 Å². The van der Waals surface area contributed by atoms with Gasteiger partial charge in [0.25, 0.3) is 0 Å². The second kappa shape index (κ2) is 9.22. The Labute approximate surface area is 151 Å². The highest BCUT2D eigenvalue weighted by molar-refractivity contribution is 5.82. The van der Waals surface area contributed by atoms with Crippen LogP contribution in [0.25, 0.3) is 0 Å². The number of rotatable bonds is 9. The van der Waals surface area contributed by atoms with Crippen molar-refractivity contribution in [2.75, 3.05) is 0 Å². The van der Waals surface area contributed by atoms with Crippen LogP contribution in [-0.4, -0.2) is 5.97 Å². The molecular weight excluding hydrogens is 308 g/mol. The normalized spacial score (nSPS) is 11.3. The number of carbonyl (C=O) groups is 1. The quantitative estimate of drug-likeness (QED) is 0.325. The van der Waals surface area contributed by atoms with Crippen molar-refractivity contribution < 1.29 is 9.53 Å². The van der Waals surface area contributed by atoms with Gasteiger partial charge in [0.15, 0.2) is 5.60 Å². The Morgan fingerprint density at radius 1 is 1.00 bits per heavy atom. The van der Waals surface area contributed by atoms with E-state index in [2.05, 4.69) is 20.4 Å². The summed E-state index contributed by atoms with van der Waals surface area (Å²) in [6, 6.07) is 20.0. The first kappa shape index (κ1) is 19.0. The van der Waals surface area contributed by atoms with Crippen molar-refractivity contribution in [1.82, 2.24) is 0 Å². The smallest absolute Gasteiger partial charge is 0.331 e. The van der Waals surface area contributed by atoms with E-state index in [4.69, 9.17) is 4.74 Å². The molecule has 2 nitrogen and oxygen atoms in total. The molecule has 0 spiro atoms. The van der Waals surface area contributed by atoms with Crippen molar-refractivity contribution in [3.8, 4) is 0 Å². The summed E-state index contributed by atoms with van der Waals surface area (Å²) in [6.07, 6.45) is 5.29. The minimum Gasteiger partial charge on any atom is -0.446 e. The lowest BCUT2D eigenvalue weighted by molar-refractivity contribution is -0.151. The van der Waals surface area contributed by atoms with Crippen LogP contribution >= 0.6 is 0 Å². The van der Waals surface area contributed by atoms with Gasteiger partial charge in [0.2, 0.25) is 0 Å². The fourth-order valence-electron chi connectivity index (χ4n) is 3.18. The Balaban J connectivity index is 2.41. The van der Waals surface area contributed by atoms with Gasteiger partial charge >= 0.3 is 5.97 Å². The zero-order valence-corrected chi connectivity index (χ0v) is 15.3. The van der Waals surface area contributed by atoms with E-state index in [9.17, 15) is 4.79 Å². The molecule has 0 saturated carbocycles. The third-order valence-corrected chi connectivity index (χ3v) is 4.48. The monoisotopic (exact) mass is 336 g/mol. The van der Waals surface area contributed by atoms with Crippen LogP contribution in [0.15, 0.2) is 73.3 Å². The van der Waals surface area contributed by atoms with Crippen LogP contribution in [0, 0.1) is 5.92 Å². The topological polar surface area (TPSA) is 26.3 Å². The summed E-state index contributed by atoms with van der Waals surface area (Å²) >= 11 is 0. The van der Waals surface area contributed by atoms with Crippen LogP contribution in [0.5, 0.6) is 0 Å². The third kappa shape index (κ3) is 5.06. The van der Waals surface area contributed by atoms with Gasteiger partial charge in [-0.25, -0.2) is 4.79 Å². The summed E-state index contributed by atoms with van der Waals surface area (Å²) in [5.41, 5.74) is 1.23. The first-order valence-electron chi connectivity index (χ1n) is 9.05. The molecule has 0 aliphatic rings. The molecule has 0 unspecified atom stereocenters.